The number of rotatable bonds is 9. The highest BCUT2D eigenvalue weighted by atomic mass is 16.5. The summed E-state index contributed by atoms with van der Waals surface area (Å²) in [6.45, 7) is 12.8. The molecule has 0 aliphatic carbocycles. The largest absolute Gasteiger partial charge is 0.394 e. The minimum atomic E-state index is 0.00299. The van der Waals surface area contributed by atoms with E-state index in [4.69, 9.17) is 4.74 Å². The number of aliphatic hydroxyl groups excluding tert-OH is 1. The van der Waals surface area contributed by atoms with Crippen molar-refractivity contribution >= 4 is 0 Å². The first kappa shape index (κ1) is 16.9. The summed E-state index contributed by atoms with van der Waals surface area (Å²) in [6.07, 6.45) is 3.65. The zero-order chi connectivity index (χ0) is 14.1. The number of aliphatic hydroxyl groups is 1. The van der Waals surface area contributed by atoms with Crippen LogP contribution in [0, 0.1) is 5.41 Å². The fourth-order valence-corrected chi connectivity index (χ4v) is 2.97. The van der Waals surface area contributed by atoms with Crippen molar-refractivity contribution in [2.75, 3.05) is 45.9 Å². The van der Waals surface area contributed by atoms with Crippen LogP contribution < -0.4 is 5.32 Å². The summed E-state index contributed by atoms with van der Waals surface area (Å²) in [6, 6.07) is 0. The van der Waals surface area contributed by atoms with Crippen molar-refractivity contribution in [3.63, 3.8) is 0 Å². The molecule has 1 heterocycles. The first-order chi connectivity index (χ1) is 9.13. The van der Waals surface area contributed by atoms with Gasteiger partial charge in [0.15, 0.2) is 0 Å². The van der Waals surface area contributed by atoms with Gasteiger partial charge in [-0.15, -0.1) is 0 Å². The maximum atomic E-state index is 9.22. The Morgan fingerprint density at radius 3 is 2.79 bits per heavy atom. The van der Waals surface area contributed by atoms with Gasteiger partial charge in [-0.3, -0.25) is 4.90 Å². The molecule has 0 spiro atoms. The molecule has 1 rings (SSSR count). The van der Waals surface area contributed by atoms with E-state index in [-0.39, 0.29) is 12.7 Å². The summed E-state index contributed by atoms with van der Waals surface area (Å²) in [5.74, 6) is 0. The van der Waals surface area contributed by atoms with Crippen molar-refractivity contribution in [1.82, 2.24) is 10.2 Å². The van der Waals surface area contributed by atoms with Gasteiger partial charge >= 0.3 is 0 Å². The van der Waals surface area contributed by atoms with Crippen LogP contribution in [0.3, 0.4) is 0 Å². The highest BCUT2D eigenvalue weighted by molar-refractivity contribution is 4.83. The highest BCUT2D eigenvalue weighted by Crippen LogP contribution is 2.25. The molecule has 0 amide bonds. The summed E-state index contributed by atoms with van der Waals surface area (Å²) in [7, 11) is 0. The molecule has 2 atom stereocenters. The van der Waals surface area contributed by atoms with Gasteiger partial charge in [-0.05, 0) is 24.8 Å². The van der Waals surface area contributed by atoms with Gasteiger partial charge in [-0.2, -0.15) is 0 Å². The molecule has 0 aromatic heterocycles. The predicted molar refractivity (Wildman–Crippen MR) is 79.4 cm³/mol. The van der Waals surface area contributed by atoms with Crippen molar-refractivity contribution in [2.24, 2.45) is 5.41 Å². The standard InChI is InChI=1S/C15H32N2O2/c1-4-6-15(3,12-16-7-5-2)13-17-8-9-19-14(10-17)11-18/h14,16,18H,4-13H2,1-3H3. The summed E-state index contributed by atoms with van der Waals surface area (Å²) in [4.78, 5) is 2.45. The number of hydrogen-bond donors (Lipinski definition) is 2. The smallest absolute Gasteiger partial charge is 0.0932 e. The van der Waals surface area contributed by atoms with Crippen molar-refractivity contribution in [3.05, 3.63) is 0 Å². The second-order valence-corrected chi connectivity index (χ2v) is 6.15. The second-order valence-electron chi connectivity index (χ2n) is 6.15. The Labute approximate surface area is 118 Å². The van der Waals surface area contributed by atoms with Crippen molar-refractivity contribution in [3.8, 4) is 0 Å². The van der Waals surface area contributed by atoms with E-state index in [1.807, 2.05) is 0 Å². The number of morpholine rings is 1. The van der Waals surface area contributed by atoms with Gasteiger partial charge in [0.05, 0.1) is 19.3 Å². The molecule has 1 saturated heterocycles. The van der Waals surface area contributed by atoms with Crippen LogP contribution in [0.25, 0.3) is 0 Å². The molecule has 0 bridgehead atoms. The molecule has 19 heavy (non-hydrogen) atoms. The molecule has 114 valence electrons. The fourth-order valence-electron chi connectivity index (χ4n) is 2.97. The number of nitrogens with one attached hydrogen (secondary N) is 1. The molecule has 4 nitrogen and oxygen atoms in total. The summed E-state index contributed by atoms with van der Waals surface area (Å²) >= 11 is 0. The molecule has 0 aromatic carbocycles. The predicted octanol–water partition coefficient (Wildman–Crippen LogP) is 1.49. The Morgan fingerprint density at radius 1 is 1.37 bits per heavy atom. The maximum absolute atomic E-state index is 9.22. The lowest BCUT2D eigenvalue weighted by molar-refractivity contribution is -0.0620. The average Bonchev–Trinajstić information content (AvgIpc) is 2.39. The van der Waals surface area contributed by atoms with Crippen LogP contribution in [0.5, 0.6) is 0 Å². The third-order valence-electron chi connectivity index (χ3n) is 3.86. The Kier molecular flexibility index (Phi) is 7.91. The number of hydrogen-bond acceptors (Lipinski definition) is 4. The molecule has 0 saturated carbocycles. The molecule has 4 heteroatoms. The Hall–Kier alpha value is -0.160. The van der Waals surface area contributed by atoms with Crippen LogP contribution in [0.4, 0.5) is 0 Å². The van der Waals surface area contributed by atoms with Gasteiger partial charge in [-0.25, -0.2) is 0 Å². The zero-order valence-corrected chi connectivity index (χ0v) is 13.0. The van der Waals surface area contributed by atoms with E-state index in [9.17, 15) is 5.11 Å². The normalized spacial score (nSPS) is 24.3. The van der Waals surface area contributed by atoms with E-state index < -0.39 is 0 Å². The molecular formula is C15H32N2O2. The topological polar surface area (TPSA) is 44.7 Å². The van der Waals surface area contributed by atoms with Crippen LogP contribution in [0.2, 0.25) is 0 Å². The van der Waals surface area contributed by atoms with E-state index >= 15 is 0 Å². The maximum Gasteiger partial charge on any atom is 0.0932 e. The van der Waals surface area contributed by atoms with Crippen LogP contribution in [-0.4, -0.2) is 62.0 Å². The molecule has 2 unspecified atom stereocenters. The molecule has 1 fully saturated rings. The van der Waals surface area contributed by atoms with Gasteiger partial charge in [0.2, 0.25) is 0 Å². The molecular weight excluding hydrogens is 240 g/mol. The Morgan fingerprint density at radius 2 is 2.16 bits per heavy atom. The van der Waals surface area contributed by atoms with E-state index in [1.165, 1.54) is 19.3 Å². The van der Waals surface area contributed by atoms with E-state index in [1.54, 1.807) is 0 Å². The summed E-state index contributed by atoms with van der Waals surface area (Å²) < 4.78 is 5.52. The number of ether oxygens (including phenoxy) is 1. The lowest BCUT2D eigenvalue weighted by atomic mass is 9.84. The van der Waals surface area contributed by atoms with Crippen molar-refractivity contribution in [1.29, 1.82) is 0 Å². The second kappa shape index (κ2) is 8.90. The average molecular weight is 272 g/mol. The van der Waals surface area contributed by atoms with Crippen LogP contribution >= 0.6 is 0 Å². The highest BCUT2D eigenvalue weighted by Gasteiger charge is 2.29. The van der Waals surface area contributed by atoms with Crippen molar-refractivity contribution in [2.45, 2.75) is 46.1 Å². The monoisotopic (exact) mass is 272 g/mol. The van der Waals surface area contributed by atoms with Crippen molar-refractivity contribution < 1.29 is 9.84 Å². The van der Waals surface area contributed by atoms with E-state index in [0.29, 0.717) is 5.41 Å². The third-order valence-corrected chi connectivity index (χ3v) is 3.86. The fraction of sp³-hybridized carbons (Fsp3) is 1.00. The van der Waals surface area contributed by atoms with Crippen LogP contribution in [0.1, 0.15) is 40.0 Å². The van der Waals surface area contributed by atoms with E-state index in [0.717, 1.165) is 39.3 Å². The van der Waals surface area contributed by atoms with Crippen LogP contribution in [0.15, 0.2) is 0 Å². The minimum Gasteiger partial charge on any atom is -0.394 e. The lowest BCUT2D eigenvalue weighted by Gasteiger charge is -2.39. The first-order valence-corrected chi connectivity index (χ1v) is 7.79. The quantitative estimate of drug-likeness (QED) is 0.624. The Bertz CT molecular complexity index is 238. The van der Waals surface area contributed by atoms with Gasteiger partial charge in [0, 0.05) is 26.2 Å². The lowest BCUT2D eigenvalue weighted by Crippen LogP contribution is -2.50. The van der Waals surface area contributed by atoms with Gasteiger partial charge in [-0.1, -0.05) is 27.2 Å². The molecule has 0 aromatic rings. The number of nitrogens with zero attached hydrogens (tertiary/aromatic N) is 1. The first-order valence-electron chi connectivity index (χ1n) is 7.79. The van der Waals surface area contributed by atoms with Crippen LogP contribution in [-0.2, 0) is 4.74 Å². The summed E-state index contributed by atoms with van der Waals surface area (Å²) in [5.41, 5.74) is 0.321. The Balaban J connectivity index is 2.46. The van der Waals surface area contributed by atoms with Gasteiger partial charge in [0.1, 0.15) is 0 Å². The zero-order valence-electron chi connectivity index (χ0n) is 13.0. The molecule has 2 N–H and O–H groups in total. The molecule has 1 aliphatic heterocycles. The van der Waals surface area contributed by atoms with Gasteiger partial charge < -0.3 is 15.2 Å². The minimum absolute atomic E-state index is 0.00299. The summed E-state index contributed by atoms with van der Waals surface area (Å²) in [5, 5.41) is 12.8. The molecule has 1 aliphatic rings. The SMILES string of the molecule is CCCNCC(C)(CCC)CN1CCOC(CO)C1. The van der Waals surface area contributed by atoms with E-state index in [2.05, 4.69) is 31.0 Å². The van der Waals surface area contributed by atoms with Gasteiger partial charge in [0.25, 0.3) is 0 Å². The molecule has 0 radical (unpaired) electrons. The third kappa shape index (κ3) is 6.21.